The van der Waals surface area contributed by atoms with Gasteiger partial charge >= 0.3 is 0 Å². The molecule has 3 aromatic carbocycles. The predicted molar refractivity (Wildman–Crippen MR) is 190 cm³/mol. The van der Waals surface area contributed by atoms with E-state index in [-0.39, 0.29) is 34.8 Å². The molecule has 2 aliphatic carbocycles. The number of allylic oxidation sites excluding steroid dienone is 2. The van der Waals surface area contributed by atoms with Gasteiger partial charge in [-0.05, 0) is 94.7 Å². The van der Waals surface area contributed by atoms with Crippen molar-refractivity contribution in [3.63, 3.8) is 0 Å². The third-order valence-electron chi connectivity index (χ3n) is 10.7. The van der Waals surface area contributed by atoms with Gasteiger partial charge in [-0.15, -0.1) is 0 Å². The number of phenolic OH excluding ortho intramolecular Hbond substituents is 1. The molecule has 4 aliphatic rings. The van der Waals surface area contributed by atoms with Crippen LogP contribution in [-0.4, -0.2) is 59.4 Å². The minimum Gasteiger partial charge on any atom is -0.503 e. The summed E-state index contributed by atoms with van der Waals surface area (Å²) < 4.78 is 11.3. The first kappa shape index (κ1) is 34.4. The Bertz CT molecular complexity index is 1970. The number of nitrogens with one attached hydrogen (secondary N) is 1. The number of imide groups is 2. The zero-order valence-electron chi connectivity index (χ0n) is 27.4. The fourth-order valence-corrected chi connectivity index (χ4v) is 9.55. The molecule has 0 radical (unpaired) electrons. The first-order valence-corrected chi connectivity index (χ1v) is 17.9. The fraction of sp³-hybridized carbons (Fsp3) is 0.351. The van der Waals surface area contributed by atoms with E-state index in [9.17, 15) is 19.5 Å². The van der Waals surface area contributed by atoms with Gasteiger partial charge in [-0.3, -0.25) is 29.5 Å². The van der Waals surface area contributed by atoms with E-state index >= 15 is 4.79 Å². The first-order valence-electron chi connectivity index (χ1n) is 16.3. The molecule has 2 N–H and O–H groups in total. The number of fused-ring (bicyclic) bond motifs is 4. The summed E-state index contributed by atoms with van der Waals surface area (Å²) in [5.74, 6) is -4.47. The first-order chi connectivity index (χ1) is 24.0. The molecule has 2 saturated heterocycles. The van der Waals surface area contributed by atoms with Gasteiger partial charge in [0, 0.05) is 17.5 Å². The van der Waals surface area contributed by atoms with E-state index in [0.717, 1.165) is 10.6 Å². The Hall–Kier alpha value is -4.06. The molecule has 4 amide bonds. The number of phenols is 1. The minimum atomic E-state index is -1.54. The lowest BCUT2D eigenvalue weighted by atomic mass is 9.49. The van der Waals surface area contributed by atoms with Crippen molar-refractivity contribution in [2.75, 3.05) is 26.2 Å². The number of nitrogens with zero attached hydrogens (tertiary/aromatic N) is 2. The predicted octanol–water partition coefficient (Wildman–Crippen LogP) is 6.87. The van der Waals surface area contributed by atoms with E-state index in [1.165, 1.54) is 18.1 Å². The number of benzene rings is 3. The number of carbonyl (C=O) groups is 4. The maximum atomic E-state index is 15.3. The zero-order chi connectivity index (χ0) is 35.6. The van der Waals surface area contributed by atoms with E-state index in [0.29, 0.717) is 51.4 Å². The van der Waals surface area contributed by atoms with Crippen molar-refractivity contribution >= 4 is 68.4 Å². The lowest BCUT2D eigenvalue weighted by Crippen LogP contribution is -2.53. The lowest BCUT2D eigenvalue weighted by molar-refractivity contribution is -0.141. The van der Waals surface area contributed by atoms with Crippen LogP contribution in [0.25, 0.3) is 0 Å². The minimum absolute atomic E-state index is 0.127. The number of ether oxygens (including phenoxy) is 2. The average molecular weight is 784 g/mol. The summed E-state index contributed by atoms with van der Waals surface area (Å²) in [6.45, 7) is 2.23. The van der Waals surface area contributed by atoms with Crippen molar-refractivity contribution in [3.8, 4) is 17.2 Å². The highest BCUT2D eigenvalue weighted by atomic mass is 79.9. The van der Waals surface area contributed by atoms with Crippen molar-refractivity contribution < 1.29 is 33.8 Å². The van der Waals surface area contributed by atoms with Gasteiger partial charge in [-0.25, -0.2) is 0 Å². The van der Waals surface area contributed by atoms with Gasteiger partial charge in [0.2, 0.25) is 11.8 Å². The number of hydrogen-bond acceptors (Lipinski definition) is 8. The Balaban J connectivity index is 1.49. The second-order valence-corrected chi connectivity index (χ2v) is 14.8. The second kappa shape index (κ2) is 12.9. The molecule has 2 aliphatic heterocycles. The number of carbonyl (C=O) groups excluding carboxylic acids is 4. The number of rotatable bonds is 8. The van der Waals surface area contributed by atoms with Crippen molar-refractivity contribution in [1.29, 1.82) is 0 Å². The van der Waals surface area contributed by atoms with Crippen molar-refractivity contribution in [2.24, 2.45) is 23.7 Å². The van der Waals surface area contributed by atoms with Crippen LogP contribution in [0.5, 0.6) is 17.2 Å². The van der Waals surface area contributed by atoms with Crippen LogP contribution in [0.4, 0.5) is 5.69 Å². The molecule has 13 heteroatoms. The summed E-state index contributed by atoms with van der Waals surface area (Å²) in [7, 11) is 2.97. The molecular weight excluding hydrogens is 749 g/mol. The molecule has 10 nitrogen and oxygen atoms in total. The van der Waals surface area contributed by atoms with Crippen molar-refractivity contribution in [1.82, 2.24) is 9.91 Å². The number of hydrogen-bond donors (Lipinski definition) is 2. The fourth-order valence-electron chi connectivity index (χ4n) is 8.64. The third-order valence-corrected chi connectivity index (χ3v) is 11.9. The summed E-state index contributed by atoms with van der Waals surface area (Å²) in [6.07, 6.45) is 3.05. The average Bonchev–Trinajstić information content (AvgIpc) is 3.47. The van der Waals surface area contributed by atoms with E-state index in [1.807, 2.05) is 13.0 Å². The Morgan fingerprint density at radius 2 is 1.70 bits per heavy atom. The number of methoxy groups -OCH3 is 2. The molecule has 0 bridgehead atoms. The summed E-state index contributed by atoms with van der Waals surface area (Å²) in [6, 6.07) is 15.1. The van der Waals surface area contributed by atoms with Crippen molar-refractivity contribution in [3.05, 3.63) is 91.9 Å². The Morgan fingerprint density at radius 1 is 0.960 bits per heavy atom. The largest absolute Gasteiger partial charge is 0.503 e. The zero-order valence-corrected chi connectivity index (χ0v) is 30.5. The normalized spacial score (nSPS) is 27.2. The highest BCUT2D eigenvalue weighted by Gasteiger charge is 2.70. The molecule has 2 heterocycles. The number of likely N-dealkylation sites (tertiary alicyclic amines) is 1. The number of anilines is 1. The molecule has 1 saturated carbocycles. The van der Waals surface area contributed by atoms with Gasteiger partial charge in [-0.1, -0.05) is 53.9 Å². The molecule has 0 unspecified atom stereocenters. The Morgan fingerprint density at radius 3 is 2.36 bits per heavy atom. The quantitative estimate of drug-likeness (QED) is 0.187. The number of amides is 4. The number of aromatic hydroxyl groups is 1. The molecular formula is C37H34BrCl2N3O7. The molecule has 6 atom stereocenters. The standard InChI is InChI=1S/C37H34BrCl2N3O7/c1-4-13-42-33(45)23-11-10-22-24(30(23)35(42)47)17-25-34(46)43(41-28-12-7-20(39)16-27(28)40)36(48)37(25,19-5-8-21(49-2)9-6-19)31(22)18-14-26(38)32(44)29(15-18)50-3/h5-10,12,14-16,23-25,30-31,41,44H,4,11,13,17H2,1-3H3/t23-,24+,25-,30-,31-,37+/m0/s1. The van der Waals surface area contributed by atoms with Crippen LogP contribution in [0.2, 0.25) is 10.0 Å². The molecule has 260 valence electrons. The molecule has 0 aromatic heterocycles. The monoisotopic (exact) mass is 781 g/mol. The maximum Gasteiger partial charge on any atom is 0.260 e. The van der Waals surface area contributed by atoms with E-state index < -0.39 is 46.8 Å². The maximum absolute atomic E-state index is 15.3. The van der Waals surface area contributed by atoms with Crippen LogP contribution in [0.1, 0.15) is 43.2 Å². The van der Waals surface area contributed by atoms with Crippen LogP contribution in [-0.2, 0) is 24.6 Å². The summed E-state index contributed by atoms with van der Waals surface area (Å²) in [5, 5.41) is 12.5. The van der Waals surface area contributed by atoms with E-state index in [4.69, 9.17) is 32.7 Å². The van der Waals surface area contributed by atoms with E-state index in [2.05, 4.69) is 21.4 Å². The van der Waals surface area contributed by atoms with Crippen LogP contribution in [0, 0.1) is 23.7 Å². The van der Waals surface area contributed by atoms with Gasteiger partial charge in [0.1, 0.15) is 5.75 Å². The molecule has 7 rings (SSSR count). The lowest BCUT2D eigenvalue weighted by Gasteiger charge is -2.50. The smallest absolute Gasteiger partial charge is 0.260 e. The van der Waals surface area contributed by atoms with Crippen LogP contribution < -0.4 is 14.9 Å². The summed E-state index contributed by atoms with van der Waals surface area (Å²) in [4.78, 5) is 59.2. The highest BCUT2D eigenvalue weighted by molar-refractivity contribution is 9.10. The molecule has 3 fully saturated rings. The topological polar surface area (TPSA) is 125 Å². The summed E-state index contributed by atoms with van der Waals surface area (Å²) in [5.41, 5.74) is 3.67. The number of halogens is 3. The third kappa shape index (κ3) is 5.03. The SMILES string of the molecule is CCCN1C(=O)[C@H]2[C@H](CC=C3[C@H]2C[C@H]2C(=O)N(Nc4ccc(Cl)cc4Cl)C(=O)[C@@]2(c2ccc(OC)cc2)[C@H]3c2cc(Br)c(O)c(OC)c2)C1=O. The van der Waals surface area contributed by atoms with Gasteiger partial charge < -0.3 is 14.6 Å². The van der Waals surface area contributed by atoms with Crippen LogP contribution >= 0.6 is 39.1 Å². The Kier molecular flexibility index (Phi) is 8.89. The highest BCUT2D eigenvalue weighted by Crippen LogP contribution is 2.64. The van der Waals surface area contributed by atoms with Gasteiger partial charge in [0.05, 0.1) is 52.6 Å². The van der Waals surface area contributed by atoms with Crippen molar-refractivity contribution in [2.45, 2.75) is 37.5 Å². The van der Waals surface area contributed by atoms with Gasteiger partial charge in [0.25, 0.3) is 11.8 Å². The van der Waals surface area contributed by atoms with Gasteiger partial charge in [-0.2, -0.15) is 5.01 Å². The molecule has 50 heavy (non-hydrogen) atoms. The summed E-state index contributed by atoms with van der Waals surface area (Å²) >= 11 is 16.2. The molecule has 3 aromatic rings. The molecule has 0 spiro atoms. The van der Waals surface area contributed by atoms with Crippen LogP contribution in [0.3, 0.4) is 0 Å². The van der Waals surface area contributed by atoms with E-state index in [1.54, 1.807) is 55.6 Å². The Labute approximate surface area is 307 Å². The second-order valence-electron chi connectivity index (χ2n) is 13.1. The van der Waals surface area contributed by atoms with Gasteiger partial charge in [0.15, 0.2) is 11.5 Å². The number of hydrazine groups is 1. The van der Waals surface area contributed by atoms with Crippen LogP contribution in [0.15, 0.2) is 70.7 Å².